The van der Waals surface area contributed by atoms with Gasteiger partial charge in [-0.05, 0) is 77.0 Å². The van der Waals surface area contributed by atoms with Crippen LogP contribution in [0.5, 0.6) is 0 Å². The molecular formula is C65H120O6. The fourth-order valence-electron chi connectivity index (χ4n) is 9.35. The zero-order valence-electron chi connectivity index (χ0n) is 47.8. The number of carbonyl (C=O) groups excluding carboxylic acids is 3. The third-order valence-electron chi connectivity index (χ3n) is 14.1. The summed E-state index contributed by atoms with van der Waals surface area (Å²) in [5.41, 5.74) is 0. The molecule has 1 unspecified atom stereocenters. The molecule has 0 aromatic rings. The van der Waals surface area contributed by atoms with Crippen molar-refractivity contribution in [2.24, 2.45) is 0 Å². The molecule has 0 saturated heterocycles. The van der Waals surface area contributed by atoms with Gasteiger partial charge >= 0.3 is 17.9 Å². The lowest BCUT2D eigenvalue weighted by atomic mass is 10.0. The topological polar surface area (TPSA) is 78.9 Å². The molecule has 416 valence electrons. The quantitative estimate of drug-likeness (QED) is 0.0261. The molecule has 0 aromatic heterocycles. The summed E-state index contributed by atoms with van der Waals surface area (Å²) in [4.78, 5) is 38.2. The van der Waals surface area contributed by atoms with E-state index in [1.54, 1.807) is 0 Å². The molecule has 0 spiro atoms. The lowest BCUT2D eigenvalue weighted by molar-refractivity contribution is -0.167. The minimum Gasteiger partial charge on any atom is -0.462 e. The van der Waals surface area contributed by atoms with Crippen molar-refractivity contribution in [3.63, 3.8) is 0 Å². The Balaban J connectivity index is 4.29. The summed E-state index contributed by atoms with van der Waals surface area (Å²) in [5, 5.41) is 0. The van der Waals surface area contributed by atoms with Gasteiger partial charge in [0.05, 0.1) is 0 Å². The van der Waals surface area contributed by atoms with E-state index >= 15 is 0 Å². The predicted molar refractivity (Wildman–Crippen MR) is 307 cm³/mol. The van der Waals surface area contributed by atoms with E-state index in [0.717, 1.165) is 77.0 Å². The van der Waals surface area contributed by atoms with E-state index in [4.69, 9.17) is 14.2 Å². The zero-order chi connectivity index (χ0) is 51.4. The first-order valence-corrected chi connectivity index (χ1v) is 31.5. The Morgan fingerprint density at radius 3 is 0.803 bits per heavy atom. The maximum absolute atomic E-state index is 12.9. The lowest BCUT2D eigenvalue weighted by Gasteiger charge is -2.18. The standard InChI is InChI=1S/C65H120O6/c1-4-7-10-13-16-19-22-25-27-29-31-32-33-34-36-37-40-43-46-49-52-55-58-64(67)70-61-62(60-69-63(66)57-54-51-48-45-42-39-24-21-18-15-12-9-6-3)71-65(68)59-56-53-50-47-44-41-38-35-30-28-26-23-20-17-14-11-8-5-2/h20-21,23-24,28,30,62H,4-19,22,25-27,29,31-61H2,1-3H3/b23-20-,24-21-,30-28-. The van der Waals surface area contributed by atoms with E-state index in [-0.39, 0.29) is 31.1 Å². The molecule has 0 fully saturated rings. The molecule has 1 atom stereocenters. The van der Waals surface area contributed by atoms with Gasteiger partial charge in [-0.15, -0.1) is 0 Å². The van der Waals surface area contributed by atoms with Crippen molar-refractivity contribution in [2.75, 3.05) is 13.2 Å². The van der Waals surface area contributed by atoms with E-state index in [1.807, 2.05) is 0 Å². The minimum absolute atomic E-state index is 0.0740. The van der Waals surface area contributed by atoms with Gasteiger partial charge in [-0.25, -0.2) is 0 Å². The molecule has 0 amide bonds. The summed E-state index contributed by atoms with van der Waals surface area (Å²) in [7, 11) is 0. The fraction of sp³-hybridized carbons (Fsp3) is 0.862. The Hall–Kier alpha value is -2.37. The predicted octanol–water partition coefficient (Wildman–Crippen LogP) is 21.2. The largest absolute Gasteiger partial charge is 0.462 e. The van der Waals surface area contributed by atoms with E-state index in [0.29, 0.717) is 19.3 Å². The monoisotopic (exact) mass is 997 g/mol. The molecule has 6 nitrogen and oxygen atoms in total. The molecule has 0 rings (SSSR count). The number of hydrogen-bond acceptors (Lipinski definition) is 6. The number of esters is 3. The molecular weight excluding hydrogens is 877 g/mol. The van der Waals surface area contributed by atoms with Crippen LogP contribution in [-0.4, -0.2) is 37.2 Å². The van der Waals surface area contributed by atoms with Crippen LogP contribution < -0.4 is 0 Å². The van der Waals surface area contributed by atoms with Crippen LogP contribution in [0.15, 0.2) is 36.5 Å². The van der Waals surface area contributed by atoms with Crippen molar-refractivity contribution in [2.45, 2.75) is 348 Å². The average Bonchev–Trinajstić information content (AvgIpc) is 3.37. The van der Waals surface area contributed by atoms with Crippen LogP contribution in [0.3, 0.4) is 0 Å². The van der Waals surface area contributed by atoms with E-state index in [2.05, 4.69) is 57.2 Å². The number of rotatable bonds is 58. The van der Waals surface area contributed by atoms with Crippen molar-refractivity contribution in [1.82, 2.24) is 0 Å². The normalized spacial score (nSPS) is 12.2. The molecule has 0 heterocycles. The first-order chi connectivity index (χ1) is 35.0. The molecule has 0 saturated carbocycles. The Bertz CT molecular complexity index is 1190. The Morgan fingerprint density at radius 1 is 0.282 bits per heavy atom. The molecule has 0 bridgehead atoms. The Morgan fingerprint density at radius 2 is 0.507 bits per heavy atom. The summed E-state index contributed by atoms with van der Waals surface area (Å²) in [6, 6.07) is 0. The van der Waals surface area contributed by atoms with Crippen LogP contribution in [-0.2, 0) is 28.6 Å². The fourth-order valence-corrected chi connectivity index (χ4v) is 9.35. The van der Waals surface area contributed by atoms with Gasteiger partial charge in [0.15, 0.2) is 6.10 Å². The summed E-state index contributed by atoms with van der Waals surface area (Å²) in [6.07, 6.45) is 72.9. The van der Waals surface area contributed by atoms with Crippen LogP contribution >= 0.6 is 0 Å². The van der Waals surface area contributed by atoms with Gasteiger partial charge in [-0.1, -0.05) is 282 Å². The van der Waals surface area contributed by atoms with Crippen LogP contribution in [0.2, 0.25) is 0 Å². The van der Waals surface area contributed by atoms with Crippen molar-refractivity contribution in [3.8, 4) is 0 Å². The van der Waals surface area contributed by atoms with Crippen LogP contribution in [0.4, 0.5) is 0 Å². The van der Waals surface area contributed by atoms with Gasteiger partial charge in [0, 0.05) is 19.3 Å². The van der Waals surface area contributed by atoms with Crippen LogP contribution in [0.1, 0.15) is 342 Å². The van der Waals surface area contributed by atoms with Gasteiger partial charge in [-0.2, -0.15) is 0 Å². The third-order valence-corrected chi connectivity index (χ3v) is 14.1. The number of hydrogen-bond donors (Lipinski definition) is 0. The van der Waals surface area contributed by atoms with Gasteiger partial charge in [0.25, 0.3) is 0 Å². The van der Waals surface area contributed by atoms with Gasteiger partial charge in [0.1, 0.15) is 13.2 Å². The smallest absolute Gasteiger partial charge is 0.306 e. The molecule has 0 aromatic carbocycles. The maximum atomic E-state index is 12.9. The highest BCUT2D eigenvalue weighted by Crippen LogP contribution is 2.17. The molecule has 0 aliphatic carbocycles. The molecule has 0 N–H and O–H groups in total. The highest BCUT2D eigenvalue weighted by molar-refractivity contribution is 5.71. The Labute approximate surface area is 442 Å². The molecule has 6 heteroatoms. The van der Waals surface area contributed by atoms with Crippen LogP contribution in [0, 0.1) is 0 Å². The summed E-state index contributed by atoms with van der Waals surface area (Å²) in [6.45, 7) is 6.65. The van der Waals surface area contributed by atoms with Gasteiger partial charge < -0.3 is 14.2 Å². The zero-order valence-corrected chi connectivity index (χ0v) is 47.8. The van der Waals surface area contributed by atoms with E-state index < -0.39 is 6.10 Å². The number of ether oxygens (including phenoxy) is 3. The second kappa shape index (κ2) is 60.2. The summed E-state index contributed by atoms with van der Waals surface area (Å²) >= 11 is 0. The van der Waals surface area contributed by atoms with E-state index in [9.17, 15) is 14.4 Å². The SMILES string of the molecule is CCCCCC/C=C\C/C=C\CCCCCCCCCC(=O)OC(COC(=O)CCCCCCC/C=C\CCCCCC)COC(=O)CCCCCCCCCCCCCCCCCCCCCCCC. The van der Waals surface area contributed by atoms with Crippen molar-refractivity contribution >= 4 is 17.9 Å². The second-order valence-electron chi connectivity index (χ2n) is 21.3. The number of unbranched alkanes of at least 4 members (excludes halogenated alkanes) is 41. The van der Waals surface area contributed by atoms with E-state index in [1.165, 1.54) is 225 Å². The molecule has 0 aliphatic heterocycles. The first kappa shape index (κ1) is 68.6. The van der Waals surface area contributed by atoms with Crippen molar-refractivity contribution < 1.29 is 28.6 Å². The highest BCUT2D eigenvalue weighted by Gasteiger charge is 2.19. The molecule has 71 heavy (non-hydrogen) atoms. The lowest BCUT2D eigenvalue weighted by Crippen LogP contribution is -2.30. The van der Waals surface area contributed by atoms with Gasteiger partial charge in [0.2, 0.25) is 0 Å². The maximum Gasteiger partial charge on any atom is 0.306 e. The second-order valence-corrected chi connectivity index (χ2v) is 21.3. The van der Waals surface area contributed by atoms with Crippen molar-refractivity contribution in [1.29, 1.82) is 0 Å². The average molecular weight is 998 g/mol. The molecule has 0 radical (unpaired) electrons. The van der Waals surface area contributed by atoms with Crippen molar-refractivity contribution in [3.05, 3.63) is 36.5 Å². The number of carbonyl (C=O) groups is 3. The molecule has 0 aliphatic rings. The number of allylic oxidation sites excluding steroid dienone is 6. The summed E-state index contributed by atoms with van der Waals surface area (Å²) < 4.78 is 16.9. The highest BCUT2D eigenvalue weighted by atomic mass is 16.6. The van der Waals surface area contributed by atoms with Crippen LogP contribution in [0.25, 0.3) is 0 Å². The third kappa shape index (κ3) is 58.4. The minimum atomic E-state index is -0.778. The summed E-state index contributed by atoms with van der Waals surface area (Å²) in [5.74, 6) is -0.870. The Kier molecular flexibility index (Phi) is 58.2. The first-order valence-electron chi connectivity index (χ1n) is 31.5. The van der Waals surface area contributed by atoms with Gasteiger partial charge in [-0.3, -0.25) is 14.4 Å².